The lowest BCUT2D eigenvalue weighted by atomic mass is 10.1. The smallest absolute Gasteiger partial charge is 0.305 e. The Hall–Kier alpha value is -3.19. The molecular formula is C24H26N2O4S. The molecule has 0 atom stereocenters. The number of ether oxygens (including phenoxy) is 2. The number of nitrogens with one attached hydrogen (secondary N) is 1. The number of amides is 1. The summed E-state index contributed by atoms with van der Waals surface area (Å²) in [6.45, 7) is 2.80. The van der Waals surface area contributed by atoms with Crippen molar-refractivity contribution in [3.8, 4) is 16.2 Å². The van der Waals surface area contributed by atoms with Gasteiger partial charge in [0.25, 0.3) is 5.91 Å². The molecule has 0 aliphatic rings. The summed E-state index contributed by atoms with van der Waals surface area (Å²) in [7, 11) is 1.38. The minimum atomic E-state index is -0.240. The van der Waals surface area contributed by atoms with Crippen LogP contribution < -0.4 is 10.1 Å². The Morgan fingerprint density at radius 2 is 1.81 bits per heavy atom. The summed E-state index contributed by atoms with van der Waals surface area (Å²) < 4.78 is 10.3. The first kappa shape index (κ1) is 22.5. The van der Waals surface area contributed by atoms with E-state index in [9.17, 15) is 9.59 Å². The summed E-state index contributed by atoms with van der Waals surface area (Å²) in [6.07, 6.45) is 4.77. The summed E-state index contributed by atoms with van der Waals surface area (Å²) in [4.78, 5) is 29.2. The maximum absolute atomic E-state index is 12.5. The van der Waals surface area contributed by atoms with Gasteiger partial charge in [0.05, 0.1) is 30.0 Å². The minimum absolute atomic E-state index is 0.171. The highest BCUT2D eigenvalue weighted by atomic mass is 32.1. The maximum Gasteiger partial charge on any atom is 0.305 e. The predicted octanol–water partition coefficient (Wildman–Crippen LogP) is 5.35. The van der Waals surface area contributed by atoms with Crippen molar-refractivity contribution in [2.24, 2.45) is 0 Å². The summed E-state index contributed by atoms with van der Waals surface area (Å²) in [6, 6.07) is 14.8. The van der Waals surface area contributed by atoms with E-state index in [0.29, 0.717) is 30.7 Å². The van der Waals surface area contributed by atoms with E-state index < -0.39 is 0 Å². The van der Waals surface area contributed by atoms with Crippen molar-refractivity contribution in [3.63, 3.8) is 0 Å². The molecule has 6 nitrogen and oxygen atoms in total. The van der Waals surface area contributed by atoms with Crippen LogP contribution >= 0.6 is 11.3 Å². The molecule has 7 heteroatoms. The number of rotatable bonds is 10. The molecule has 0 aliphatic carbocycles. The van der Waals surface area contributed by atoms with Gasteiger partial charge in [-0.25, -0.2) is 4.98 Å². The monoisotopic (exact) mass is 438 g/mol. The van der Waals surface area contributed by atoms with Gasteiger partial charge in [0.2, 0.25) is 0 Å². The molecule has 1 amide bonds. The van der Waals surface area contributed by atoms with E-state index >= 15 is 0 Å². The fraction of sp³-hybridized carbons (Fsp3) is 0.292. The summed E-state index contributed by atoms with van der Waals surface area (Å²) in [5.74, 6) is 0.358. The molecule has 1 N–H and O–H groups in total. The zero-order valence-electron chi connectivity index (χ0n) is 17.7. The summed E-state index contributed by atoms with van der Waals surface area (Å²) >= 11 is 1.55. The molecule has 0 saturated heterocycles. The molecule has 2 aromatic carbocycles. The van der Waals surface area contributed by atoms with E-state index in [-0.39, 0.29) is 11.9 Å². The van der Waals surface area contributed by atoms with Gasteiger partial charge in [-0.1, -0.05) is 25.5 Å². The average Bonchev–Trinajstić information content (AvgIpc) is 3.27. The number of nitrogens with zero attached hydrogens (tertiary/aromatic N) is 1. The molecule has 31 heavy (non-hydrogen) atoms. The molecule has 162 valence electrons. The number of benzene rings is 2. The van der Waals surface area contributed by atoms with Crippen LogP contribution in [0.15, 0.2) is 54.7 Å². The number of carbonyl (C=O) groups excluding carboxylic acids is 2. The Labute approximate surface area is 186 Å². The number of hydrogen-bond donors (Lipinski definition) is 1. The van der Waals surface area contributed by atoms with Crippen LogP contribution in [0.1, 0.15) is 41.6 Å². The third kappa shape index (κ3) is 6.65. The van der Waals surface area contributed by atoms with Gasteiger partial charge < -0.3 is 14.8 Å². The van der Waals surface area contributed by atoms with Gasteiger partial charge >= 0.3 is 5.97 Å². The molecular weight excluding hydrogens is 412 g/mol. The molecule has 3 rings (SSSR count). The van der Waals surface area contributed by atoms with E-state index in [1.807, 2.05) is 36.4 Å². The van der Waals surface area contributed by atoms with Crippen LogP contribution in [0.2, 0.25) is 0 Å². The third-order valence-electron chi connectivity index (χ3n) is 4.63. The van der Waals surface area contributed by atoms with Gasteiger partial charge in [-0.05, 0) is 48.4 Å². The summed E-state index contributed by atoms with van der Waals surface area (Å²) in [5, 5.41) is 3.80. The lowest BCUT2D eigenvalue weighted by molar-refractivity contribution is -0.140. The molecule has 1 aromatic heterocycles. The predicted molar refractivity (Wildman–Crippen MR) is 123 cm³/mol. The lowest BCUT2D eigenvalue weighted by Crippen LogP contribution is -2.11. The molecule has 3 aromatic rings. The lowest BCUT2D eigenvalue weighted by Gasteiger charge is -2.08. The highest BCUT2D eigenvalue weighted by molar-refractivity contribution is 7.15. The number of carbonyl (C=O) groups is 2. The summed E-state index contributed by atoms with van der Waals surface area (Å²) in [5.41, 5.74) is 2.30. The molecule has 0 fully saturated rings. The number of esters is 1. The van der Waals surface area contributed by atoms with Gasteiger partial charge in [0.15, 0.2) is 0 Å². The van der Waals surface area contributed by atoms with E-state index in [2.05, 4.69) is 22.0 Å². The van der Waals surface area contributed by atoms with E-state index in [1.54, 1.807) is 29.7 Å². The van der Waals surface area contributed by atoms with Gasteiger partial charge in [0.1, 0.15) is 5.75 Å². The molecule has 0 bridgehead atoms. The van der Waals surface area contributed by atoms with Gasteiger partial charge in [0, 0.05) is 23.9 Å². The number of aryl methyl sites for hydroxylation is 1. The van der Waals surface area contributed by atoms with Gasteiger partial charge in [-0.3, -0.25) is 9.59 Å². The Bertz CT molecular complexity index is 997. The number of unbranched alkanes of at least 4 members (excludes halogenated alkanes) is 1. The normalized spacial score (nSPS) is 10.5. The Balaban J connectivity index is 1.56. The first-order valence-electron chi connectivity index (χ1n) is 10.2. The second kappa shape index (κ2) is 11.3. The van der Waals surface area contributed by atoms with Crippen molar-refractivity contribution in [1.29, 1.82) is 0 Å². The second-order valence-electron chi connectivity index (χ2n) is 6.95. The van der Waals surface area contributed by atoms with Crippen LogP contribution in [-0.4, -0.2) is 30.6 Å². The molecule has 0 saturated carbocycles. The van der Waals surface area contributed by atoms with E-state index in [1.165, 1.54) is 7.11 Å². The third-order valence-corrected chi connectivity index (χ3v) is 5.74. The molecule has 0 aliphatic heterocycles. The first-order valence-corrected chi connectivity index (χ1v) is 11.1. The number of hydrogen-bond acceptors (Lipinski definition) is 6. The van der Waals surface area contributed by atoms with Crippen molar-refractivity contribution in [1.82, 2.24) is 4.98 Å². The van der Waals surface area contributed by atoms with Gasteiger partial charge in [-0.15, -0.1) is 11.3 Å². The fourth-order valence-corrected chi connectivity index (χ4v) is 3.75. The molecule has 0 unspecified atom stereocenters. The van der Waals surface area contributed by atoms with Crippen molar-refractivity contribution in [2.45, 2.75) is 32.6 Å². The molecule has 0 radical (unpaired) electrons. The Morgan fingerprint density at radius 3 is 2.48 bits per heavy atom. The van der Waals surface area contributed by atoms with Crippen molar-refractivity contribution < 1.29 is 19.1 Å². The van der Waals surface area contributed by atoms with E-state index in [0.717, 1.165) is 34.0 Å². The van der Waals surface area contributed by atoms with Gasteiger partial charge in [-0.2, -0.15) is 0 Å². The van der Waals surface area contributed by atoms with Crippen LogP contribution in [0.5, 0.6) is 5.75 Å². The molecule has 0 spiro atoms. The highest BCUT2D eigenvalue weighted by Gasteiger charge is 2.09. The van der Waals surface area contributed by atoms with Crippen molar-refractivity contribution in [3.05, 3.63) is 65.3 Å². The van der Waals surface area contributed by atoms with Crippen molar-refractivity contribution >= 4 is 28.9 Å². The Morgan fingerprint density at radius 1 is 1.06 bits per heavy atom. The second-order valence-corrected chi connectivity index (χ2v) is 8.07. The van der Waals surface area contributed by atoms with Crippen LogP contribution in [-0.2, 0) is 16.0 Å². The highest BCUT2D eigenvalue weighted by Crippen LogP contribution is 2.28. The zero-order valence-corrected chi connectivity index (χ0v) is 18.5. The maximum atomic E-state index is 12.5. The number of aromatic nitrogens is 1. The van der Waals surface area contributed by atoms with E-state index in [4.69, 9.17) is 4.74 Å². The van der Waals surface area contributed by atoms with Crippen LogP contribution in [0.25, 0.3) is 10.4 Å². The topological polar surface area (TPSA) is 77.5 Å². The number of thiazole rings is 1. The largest absolute Gasteiger partial charge is 0.494 e. The first-order chi connectivity index (χ1) is 15.1. The zero-order chi connectivity index (χ0) is 22.1. The SMILES string of the molecule is CCCCOc1ccc(C(=O)Nc2ccc(-c3cnc(CCC(=O)OC)s3)cc2)cc1. The quantitative estimate of drug-likeness (QED) is 0.341. The van der Waals surface area contributed by atoms with Crippen LogP contribution in [0, 0.1) is 0 Å². The minimum Gasteiger partial charge on any atom is -0.494 e. The molecule has 1 heterocycles. The Kier molecular flexibility index (Phi) is 8.18. The fourth-order valence-electron chi connectivity index (χ4n) is 2.83. The van der Waals surface area contributed by atoms with Crippen LogP contribution in [0.4, 0.5) is 5.69 Å². The number of methoxy groups -OCH3 is 1. The standard InChI is InChI=1S/C24H26N2O4S/c1-3-4-15-30-20-11-7-18(8-12-20)24(28)26-19-9-5-17(6-10-19)21-16-25-22(31-21)13-14-23(27)29-2/h5-12,16H,3-4,13-15H2,1-2H3,(H,26,28). The van der Waals surface area contributed by atoms with Crippen molar-refractivity contribution in [2.75, 3.05) is 19.0 Å². The number of anilines is 1. The van der Waals surface area contributed by atoms with Crippen LogP contribution in [0.3, 0.4) is 0 Å². The average molecular weight is 439 g/mol.